The van der Waals surface area contributed by atoms with Crippen molar-refractivity contribution in [2.45, 2.75) is 26.7 Å². The van der Waals surface area contributed by atoms with Gasteiger partial charge in [0.15, 0.2) is 0 Å². The van der Waals surface area contributed by atoms with E-state index in [0.29, 0.717) is 13.0 Å². The van der Waals surface area contributed by atoms with Gasteiger partial charge in [-0.05, 0) is 43.7 Å². The molecule has 16 heavy (non-hydrogen) atoms. The Bertz CT molecular complexity index is 361. The minimum atomic E-state index is 0.0558. The summed E-state index contributed by atoms with van der Waals surface area (Å²) >= 11 is 0. The highest BCUT2D eigenvalue weighted by molar-refractivity contribution is 5.90. The van der Waals surface area contributed by atoms with E-state index in [2.05, 4.69) is 24.5 Å². The number of carbonyl (C=O) groups is 1. The SMILES string of the molecule is CCc1cc(NC(=O)CCNC)ccc1C. The van der Waals surface area contributed by atoms with Crippen molar-refractivity contribution in [2.24, 2.45) is 0 Å². The molecule has 88 valence electrons. The second-order valence-corrected chi connectivity index (χ2v) is 3.90. The summed E-state index contributed by atoms with van der Waals surface area (Å²) in [4.78, 5) is 11.5. The topological polar surface area (TPSA) is 41.1 Å². The van der Waals surface area contributed by atoms with Gasteiger partial charge in [-0.2, -0.15) is 0 Å². The molecule has 2 N–H and O–H groups in total. The smallest absolute Gasteiger partial charge is 0.225 e. The standard InChI is InChI=1S/C13H20N2O/c1-4-11-9-12(6-5-10(11)2)15-13(16)7-8-14-3/h5-6,9,14H,4,7-8H2,1-3H3,(H,15,16). The molecule has 0 radical (unpaired) electrons. The first-order chi connectivity index (χ1) is 7.67. The molecule has 1 aromatic carbocycles. The molecule has 0 aromatic heterocycles. The fourth-order valence-electron chi connectivity index (χ4n) is 1.59. The minimum Gasteiger partial charge on any atom is -0.326 e. The largest absolute Gasteiger partial charge is 0.326 e. The van der Waals surface area contributed by atoms with Crippen molar-refractivity contribution in [1.29, 1.82) is 0 Å². The van der Waals surface area contributed by atoms with Gasteiger partial charge in [0, 0.05) is 18.7 Å². The van der Waals surface area contributed by atoms with Crippen LogP contribution in [0.4, 0.5) is 5.69 Å². The first-order valence-electron chi connectivity index (χ1n) is 5.71. The van der Waals surface area contributed by atoms with Crippen molar-refractivity contribution in [3.8, 4) is 0 Å². The molecule has 0 aliphatic rings. The number of hydrogen-bond donors (Lipinski definition) is 2. The van der Waals surface area contributed by atoms with Crippen LogP contribution in [-0.4, -0.2) is 19.5 Å². The molecule has 0 aliphatic carbocycles. The lowest BCUT2D eigenvalue weighted by Gasteiger charge is -2.08. The van der Waals surface area contributed by atoms with E-state index in [1.807, 2.05) is 25.2 Å². The lowest BCUT2D eigenvalue weighted by Crippen LogP contribution is -2.18. The van der Waals surface area contributed by atoms with Crippen LogP contribution in [0.15, 0.2) is 18.2 Å². The fourth-order valence-corrected chi connectivity index (χ4v) is 1.59. The molecular formula is C13H20N2O. The predicted octanol–water partition coefficient (Wildman–Crippen LogP) is 2.11. The van der Waals surface area contributed by atoms with Crippen molar-refractivity contribution < 1.29 is 4.79 Å². The Balaban J connectivity index is 2.63. The van der Waals surface area contributed by atoms with Gasteiger partial charge in [0.05, 0.1) is 0 Å². The molecule has 0 fully saturated rings. The van der Waals surface area contributed by atoms with E-state index in [1.54, 1.807) is 0 Å². The molecule has 0 atom stereocenters. The van der Waals surface area contributed by atoms with Gasteiger partial charge in [-0.3, -0.25) is 4.79 Å². The number of benzene rings is 1. The molecule has 0 spiro atoms. The average Bonchev–Trinajstić information content (AvgIpc) is 2.29. The van der Waals surface area contributed by atoms with Crippen LogP contribution in [0.5, 0.6) is 0 Å². The maximum absolute atomic E-state index is 11.5. The number of carbonyl (C=O) groups excluding carboxylic acids is 1. The molecule has 1 rings (SSSR count). The van der Waals surface area contributed by atoms with Crippen LogP contribution in [0.1, 0.15) is 24.5 Å². The van der Waals surface area contributed by atoms with Crippen molar-refractivity contribution >= 4 is 11.6 Å². The fraction of sp³-hybridized carbons (Fsp3) is 0.462. The third-order valence-corrected chi connectivity index (χ3v) is 2.62. The van der Waals surface area contributed by atoms with E-state index >= 15 is 0 Å². The van der Waals surface area contributed by atoms with Gasteiger partial charge in [-0.1, -0.05) is 13.0 Å². The molecule has 1 amide bonds. The zero-order valence-corrected chi connectivity index (χ0v) is 10.3. The Labute approximate surface area is 97.2 Å². The van der Waals surface area contributed by atoms with E-state index in [4.69, 9.17) is 0 Å². The molecular weight excluding hydrogens is 200 g/mol. The normalized spacial score (nSPS) is 10.2. The molecule has 1 aromatic rings. The maximum Gasteiger partial charge on any atom is 0.225 e. The molecule has 0 heterocycles. The lowest BCUT2D eigenvalue weighted by molar-refractivity contribution is -0.116. The first kappa shape index (κ1) is 12.7. The Kier molecular flexibility index (Phi) is 4.99. The van der Waals surface area contributed by atoms with Gasteiger partial charge >= 0.3 is 0 Å². The van der Waals surface area contributed by atoms with Gasteiger partial charge in [0.1, 0.15) is 0 Å². The Morgan fingerprint density at radius 2 is 2.12 bits per heavy atom. The number of rotatable bonds is 5. The summed E-state index contributed by atoms with van der Waals surface area (Å²) in [7, 11) is 1.84. The summed E-state index contributed by atoms with van der Waals surface area (Å²) in [6, 6.07) is 6.05. The van der Waals surface area contributed by atoms with E-state index in [0.717, 1.165) is 12.1 Å². The van der Waals surface area contributed by atoms with Crippen molar-refractivity contribution in [2.75, 3.05) is 18.9 Å². The summed E-state index contributed by atoms with van der Waals surface area (Å²) in [5.74, 6) is 0.0558. The molecule has 0 bridgehead atoms. The monoisotopic (exact) mass is 220 g/mol. The van der Waals surface area contributed by atoms with Gasteiger partial charge in [0.2, 0.25) is 5.91 Å². The zero-order chi connectivity index (χ0) is 12.0. The lowest BCUT2D eigenvalue weighted by atomic mass is 10.1. The molecule has 0 saturated heterocycles. The number of amides is 1. The Hall–Kier alpha value is -1.35. The molecule has 3 heteroatoms. The highest BCUT2D eigenvalue weighted by Gasteiger charge is 2.03. The van der Waals surface area contributed by atoms with Gasteiger partial charge in [0.25, 0.3) is 0 Å². The third kappa shape index (κ3) is 3.66. The molecule has 0 saturated carbocycles. The van der Waals surface area contributed by atoms with Crippen LogP contribution >= 0.6 is 0 Å². The van der Waals surface area contributed by atoms with E-state index in [9.17, 15) is 4.79 Å². The van der Waals surface area contributed by atoms with Crippen LogP contribution in [0, 0.1) is 6.92 Å². The predicted molar refractivity (Wildman–Crippen MR) is 67.7 cm³/mol. The van der Waals surface area contributed by atoms with Crippen LogP contribution in [0.25, 0.3) is 0 Å². The van der Waals surface area contributed by atoms with Gasteiger partial charge < -0.3 is 10.6 Å². The minimum absolute atomic E-state index is 0.0558. The molecule has 3 nitrogen and oxygen atoms in total. The number of aryl methyl sites for hydroxylation is 2. The third-order valence-electron chi connectivity index (χ3n) is 2.62. The van der Waals surface area contributed by atoms with E-state index < -0.39 is 0 Å². The van der Waals surface area contributed by atoms with E-state index in [-0.39, 0.29) is 5.91 Å². The average molecular weight is 220 g/mol. The molecule has 0 unspecified atom stereocenters. The van der Waals surface area contributed by atoms with E-state index in [1.165, 1.54) is 11.1 Å². The maximum atomic E-state index is 11.5. The first-order valence-corrected chi connectivity index (χ1v) is 5.71. The number of hydrogen-bond acceptors (Lipinski definition) is 2. The number of anilines is 1. The summed E-state index contributed by atoms with van der Waals surface area (Å²) in [5, 5.41) is 5.85. The second-order valence-electron chi connectivity index (χ2n) is 3.90. The molecule has 0 aliphatic heterocycles. The van der Waals surface area contributed by atoms with Crippen molar-refractivity contribution in [1.82, 2.24) is 5.32 Å². The zero-order valence-electron chi connectivity index (χ0n) is 10.3. The summed E-state index contributed by atoms with van der Waals surface area (Å²) < 4.78 is 0. The van der Waals surface area contributed by atoms with Crippen molar-refractivity contribution in [3.63, 3.8) is 0 Å². The number of nitrogens with one attached hydrogen (secondary N) is 2. The van der Waals surface area contributed by atoms with Crippen LogP contribution in [0.2, 0.25) is 0 Å². The summed E-state index contributed by atoms with van der Waals surface area (Å²) in [6.45, 7) is 4.92. The quantitative estimate of drug-likeness (QED) is 0.798. The highest BCUT2D eigenvalue weighted by atomic mass is 16.1. The summed E-state index contributed by atoms with van der Waals surface area (Å²) in [5.41, 5.74) is 3.45. The van der Waals surface area contributed by atoms with Crippen LogP contribution in [0.3, 0.4) is 0 Å². The Morgan fingerprint density at radius 3 is 2.75 bits per heavy atom. The highest BCUT2D eigenvalue weighted by Crippen LogP contribution is 2.15. The second kappa shape index (κ2) is 6.28. The summed E-state index contributed by atoms with van der Waals surface area (Å²) in [6.07, 6.45) is 1.50. The van der Waals surface area contributed by atoms with Gasteiger partial charge in [-0.15, -0.1) is 0 Å². The van der Waals surface area contributed by atoms with Crippen LogP contribution in [-0.2, 0) is 11.2 Å². The van der Waals surface area contributed by atoms with Crippen molar-refractivity contribution in [3.05, 3.63) is 29.3 Å². The van der Waals surface area contributed by atoms with Crippen LogP contribution < -0.4 is 10.6 Å². The van der Waals surface area contributed by atoms with Gasteiger partial charge in [-0.25, -0.2) is 0 Å². The Morgan fingerprint density at radius 1 is 1.38 bits per heavy atom.